The molecule has 3 heteroatoms. The van der Waals surface area contributed by atoms with Gasteiger partial charge < -0.3 is 5.32 Å². The van der Waals surface area contributed by atoms with Crippen molar-refractivity contribution < 1.29 is 0 Å². The maximum atomic E-state index is 3.62. The summed E-state index contributed by atoms with van der Waals surface area (Å²) in [5, 5.41) is 4.22. The molecule has 2 aromatic rings. The zero-order valence-electron chi connectivity index (χ0n) is 11.7. The zero-order chi connectivity index (χ0) is 14.1. The Labute approximate surface area is 133 Å². The fourth-order valence-electron chi connectivity index (χ4n) is 2.65. The van der Waals surface area contributed by atoms with Crippen molar-refractivity contribution in [3.8, 4) is 0 Å². The standard InChI is InChI=1S/C17H18BrNS/c1-11-7-14(8-12(2)17(11)18)19-10-15-9-13-5-3-4-6-16(13)20-15/h3-8,15,19H,9-10H2,1-2H3. The second-order valence-corrected chi connectivity index (χ2v) is 7.49. The molecule has 1 atom stereocenters. The van der Waals surface area contributed by atoms with Crippen molar-refractivity contribution in [3.63, 3.8) is 0 Å². The van der Waals surface area contributed by atoms with Crippen LogP contribution in [0.25, 0.3) is 0 Å². The van der Waals surface area contributed by atoms with E-state index < -0.39 is 0 Å². The lowest BCUT2D eigenvalue weighted by Gasteiger charge is -2.13. The van der Waals surface area contributed by atoms with E-state index in [4.69, 9.17) is 0 Å². The minimum absolute atomic E-state index is 0.636. The van der Waals surface area contributed by atoms with Crippen LogP contribution in [0.3, 0.4) is 0 Å². The van der Waals surface area contributed by atoms with Crippen LogP contribution >= 0.6 is 27.7 Å². The van der Waals surface area contributed by atoms with Gasteiger partial charge >= 0.3 is 0 Å². The third-order valence-corrected chi connectivity index (χ3v) is 6.25. The van der Waals surface area contributed by atoms with Gasteiger partial charge in [0, 0.05) is 26.9 Å². The summed E-state index contributed by atoms with van der Waals surface area (Å²) in [4.78, 5) is 1.45. The van der Waals surface area contributed by atoms with Crippen LogP contribution in [0, 0.1) is 13.8 Å². The minimum atomic E-state index is 0.636. The number of fused-ring (bicyclic) bond motifs is 1. The van der Waals surface area contributed by atoms with Gasteiger partial charge in [-0.1, -0.05) is 34.1 Å². The predicted molar refractivity (Wildman–Crippen MR) is 91.9 cm³/mol. The third kappa shape index (κ3) is 2.89. The summed E-state index contributed by atoms with van der Waals surface area (Å²) in [5.41, 5.74) is 5.29. The predicted octanol–water partition coefficient (Wildman–Crippen LogP) is 5.19. The molecular weight excluding hydrogens is 330 g/mol. The van der Waals surface area contributed by atoms with E-state index >= 15 is 0 Å². The first-order valence-electron chi connectivity index (χ1n) is 6.88. The van der Waals surface area contributed by atoms with Gasteiger partial charge in [0.1, 0.15) is 0 Å². The Bertz CT molecular complexity index is 591. The fourth-order valence-corrected chi connectivity index (χ4v) is 4.12. The average molecular weight is 348 g/mol. The highest BCUT2D eigenvalue weighted by molar-refractivity contribution is 9.10. The van der Waals surface area contributed by atoms with E-state index in [0.29, 0.717) is 5.25 Å². The summed E-state index contributed by atoms with van der Waals surface area (Å²) in [6.07, 6.45) is 1.17. The fraction of sp³-hybridized carbons (Fsp3) is 0.294. The molecule has 0 aromatic heterocycles. The van der Waals surface area contributed by atoms with Crippen LogP contribution in [0.1, 0.15) is 16.7 Å². The Kier molecular flexibility index (Phi) is 4.08. The lowest BCUT2D eigenvalue weighted by Crippen LogP contribution is -2.15. The first kappa shape index (κ1) is 14.0. The van der Waals surface area contributed by atoms with Gasteiger partial charge in [0.15, 0.2) is 0 Å². The molecule has 0 saturated carbocycles. The van der Waals surface area contributed by atoms with Gasteiger partial charge in [-0.25, -0.2) is 0 Å². The lowest BCUT2D eigenvalue weighted by atomic mass is 10.1. The Hall–Kier alpha value is -0.930. The van der Waals surface area contributed by atoms with Gasteiger partial charge in [-0.15, -0.1) is 11.8 Å². The molecule has 1 aliphatic heterocycles. The van der Waals surface area contributed by atoms with Crippen molar-refractivity contribution in [1.29, 1.82) is 0 Å². The summed E-state index contributed by atoms with van der Waals surface area (Å²) in [7, 11) is 0. The topological polar surface area (TPSA) is 12.0 Å². The Balaban J connectivity index is 1.64. The zero-order valence-corrected chi connectivity index (χ0v) is 14.1. The quantitative estimate of drug-likeness (QED) is 0.819. The van der Waals surface area contributed by atoms with Crippen LogP contribution < -0.4 is 5.32 Å². The van der Waals surface area contributed by atoms with Gasteiger partial charge in [-0.3, -0.25) is 0 Å². The molecule has 1 unspecified atom stereocenters. The number of hydrogen-bond donors (Lipinski definition) is 1. The van der Waals surface area contributed by atoms with E-state index in [-0.39, 0.29) is 0 Å². The highest BCUT2D eigenvalue weighted by atomic mass is 79.9. The molecule has 104 valence electrons. The molecule has 0 saturated heterocycles. The number of halogens is 1. The normalized spacial score (nSPS) is 17.1. The average Bonchev–Trinajstić information content (AvgIpc) is 2.85. The molecule has 0 radical (unpaired) electrons. The summed E-state index contributed by atoms with van der Waals surface area (Å²) in [5.74, 6) is 0. The van der Waals surface area contributed by atoms with Gasteiger partial charge in [0.25, 0.3) is 0 Å². The molecule has 1 heterocycles. The van der Waals surface area contributed by atoms with E-state index in [2.05, 4.69) is 71.5 Å². The molecule has 20 heavy (non-hydrogen) atoms. The second-order valence-electron chi connectivity index (χ2n) is 5.36. The van der Waals surface area contributed by atoms with E-state index in [0.717, 1.165) is 6.54 Å². The molecule has 1 N–H and O–H groups in total. The Morgan fingerprint density at radius 1 is 1.20 bits per heavy atom. The first-order chi connectivity index (χ1) is 9.63. The highest BCUT2D eigenvalue weighted by Crippen LogP contribution is 2.36. The summed E-state index contributed by atoms with van der Waals surface area (Å²) >= 11 is 5.61. The van der Waals surface area contributed by atoms with Crippen LogP contribution in [-0.2, 0) is 6.42 Å². The monoisotopic (exact) mass is 347 g/mol. The van der Waals surface area contributed by atoms with Crippen LogP contribution in [0.15, 0.2) is 45.8 Å². The molecule has 0 bridgehead atoms. The smallest absolute Gasteiger partial charge is 0.0346 e. The lowest BCUT2D eigenvalue weighted by molar-refractivity contribution is 0.899. The van der Waals surface area contributed by atoms with Gasteiger partial charge in [0.2, 0.25) is 0 Å². The maximum absolute atomic E-state index is 3.62. The molecule has 3 rings (SSSR count). The number of anilines is 1. The van der Waals surface area contributed by atoms with E-state index in [1.54, 1.807) is 0 Å². The number of aryl methyl sites for hydroxylation is 2. The Morgan fingerprint density at radius 2 is 1.90 bits per heavy atom. The van der Waals surface area contributed by atoms with Gasteiger partial charge in [-0.05, 0) is 55.2 Å². The van der Waals surface area contributed by atoms with Crippen molar-refractivity contribution in [1.82, 2.24) is 0 Å². The Morgan fingerprint density at radius 3 is 2.60 bits per heavy atom. The third-order valence-electron chi connectivity index (χ3n) is 3.68. The molecule has 0 fully saturated rings. The molecule has 1 aliphatic rings. The van der Waals surface area contributed by atoms with Crippen molar-refractivity contribution in [2.45, 2.75) is 30.4 Å². The summed E-state index contributed by atoms with van der Waals surface area (Å²) in [6, 6.07) is 13.2. The summed E-state index contributed by atoms with van der Waals surface area (Å²) in [6.45, 7) is 5.30. The van der Waals surface area contributed by atoms with Crippen molar-refractivity contribution in [3.05, 3.63) is 57.6 Å². The van der Waals surface area contributed by atoms with Gasteiger partial charge in [-0.2, -0.15) is 0 Å². The number of nitrogens with one attached hydrogen (secondary N) is 1. The van der Waals surface area contributed by atoms with Crippen LogP contribution in [0.5, 0.6) is 0 Å². The SMILES string of the molecule is Cc1cc(NCC2Cc3ccccc3S2)cc(C)c1Br. The van der Waals surface area contributed by atoms with E-state index in [9.17, 15) is 0 Å². The number of benzene rings is 2. The van der Waals surface area contributed by atoms with Crippen LogP contribution in [-0.4, -0.2) is 11.8 Å². The van der Waals surface area contributed by atoms with Crippen LogP contribution in [0.2, 0.25) is 0 Å². The molecule has 2 aromatic carbocycles. The van der Waals surface area contributed by atoms with Crippen molar-refractivity contribution >= 4 is 33.4 Å². The van der Waals surface area contributed by atoms with Crippen molar-refractivity contribution in [2.75, 3.05) is 11.9 Å². The minimum Gasteiger partial charge on any atom is -0.384 e. The molecule has 1 nitrogen and oxygen atoms in total. The molecule has 0 amide bonds. The highest BCUT2D eigenvalue weighted by Gasteiger charge is 2.21. The van der Waals surface area contributed by atoms with Crippen LogP contribution in [0.4, 0.5) is 5.69 Å². The molecular formula is C17H18BrNS. The van der Waals surface area contributed by atoms with Crippen molar-refractivity contribution in [2.24, 2.45) is 0 Å². The maximum Gasteiger partial charge on any atom is 0.0346 e. The molecule has 0 aliphatic carbocycles. The largest absolute Gasteiger partial charge is 0.384 e. The summed E-state index contributed by atoms with van der Waals surface area (Å²) < 4.78 is 1.21. The number of thioether (sulfide) groups is 1. The molecule has 0 spiro atoms. The second kappa shape index (κ2) is 5.82. The van der Waals surface area contributed by atoms with E-state index in [1.807, 2.05) is 11.8 Å². The van der Waals surface area contributed by atoms with E-state index in [1.165, 1.54) is 38.2 Å². The van der Waals surface area contributed by atoms with Gasteiger partial charge in [0.05, 0.1) is 0 Å². The first-order valence-corrected chi connectivity index (χ1v) is 8.56. The number of rotatable bonds is 3. The number of hydrogen-bond acceptors (Lipinski definition) is 2.